The Labute approximate surface area is 134 Å². The molecule has 23 heavy (non-hydrogen) atoms. The first-order valence-electron chi connectivity index (χ1n) is 8.05. The standard InChI is InChI=1S/C17H21N3O3/c1-17(2,19-15(21)14-11-7-18-8-12(11)14)9-22-16-10-5-3-4-6-13(10)23-20-16/h3-6,11-12,14,18H,7-9H2,1-2H3,(H,19,21)/t11-,12+,14+. The summed E-state index contributed by atoms with van der Waals surface area (Å²) in [5.74, 6) is 1.82. The summed E-state index contributed by atoms with van der Waals surface area (Å²) < 4.78 is 11.0. The predicted molar refractivity (Wildman–Crippen MR) is 85.1 cm³/mol. The molecule has 0 unspecified atom stereocenters. The third-order valence-corrected chi connectivity index (χ3v) is 4.77. The van der Waals surface area contributed by atoms with E-state index < -0.39 is 5.54 Å². The van der Waals surface area contributed by atoms with Crippen LogP contribution in [0.5, 0.6) is 5.88 Å². The molecule has 3 atom stereocenters. The Morgan fingerprint density at radius 3 is 2.91 bits per heavy atom. The van der Waals surface area contributed by atoms with Gasteiger partial charge in [0.2, 0.25) is 5.91 Å². The van der Waals surface area contributed by atoms with Gasteiger partial charge < -0.3 is 19.9 Å². The van der Waals surface area contributed by atoms with Crippen molar-refractivity contribution in [3.8, 4) is 5.88 Å². The Hall–Kier alpha value is -2.08. The molecule has 2 heterocycles. The van der Waals surface area contributed by atoms with E-state index in [0.717, 1.165) is 18.5 Å². The summed E-state index contributed by atoms with van der Waals surface area (Å²) in [7, 11) is 0. The van der Waals surface area contributed by atoms with Gasteiger partial charge in [-0.05, 0) is 56.1 Å². The summed E-state index contributed by atoms with van der Waals surface area (Å²) in [5, 5.41) is 11.2. The van der Waals surface area contributed by atoms with Gasteiger partial charge in [-0.25, -0.2) is 0 Å². The largest absolute Gasteiger partial charge is 0.473 e. The maximum absolute atomic E-state index is 12.4. The minimum Gasteiger partial charge on any atom is -0.473 e. The molecule has 0 spiro atoms. The van der Waals surface area contributed by atoms with Crippen LogP contribution < -0.4 is 15.4 Å². The van der Waals surface area contributed by atoms with Gasteiger partial charge in [-0.1, -0.05) is 12.1 Å². The van der Waals surface area contributed by atoms with Crippen molar-refractivity contribution in [2.75, 3.05) is 19.7 Å². The van der Waals surface area contributed by atoms with Crippen molar-refractivity contribution in [1.82, 2.24) is 15.8 Å². The van der Waals surface area contributed by atoms with Gasteiger partial charge in [0, 0.05) is 5.92 Å². The van der Waals surface area contributed by atoms with Crippen LogP contribution in [0.25, 0.3) is 11.0 Å². The first kappa shape index (κ1) is 14.5. The van der Waals surface area contributed by atoms with Crippen molar-refractivity contribution < 1.29 is 14.1 Å². The fourth-order valence-corrected chi connectivity index (χ4v) is 3.48. The zero-order chi connectivity index (χ0) is 16.0. The molecule has 6 heteroatoms. The number of aromatic nitrogens is 1. The van der Waals surface area contributed by atoms with Gasteiger partial charge in [-0.3, -0.25) is 4.79 Å². The number of rotatable bonds is 5. The van der Waals surface area contributed by atoms with E-state index in [-0.39, 0.29) is 11.8 Å². The Bertz CT molecular complexity index is 730. The summed E-state index contributed by atoms with van der Waals surface area (Å²) in [6, 6.07) is 7.56. The van der Waals surface area contributed by atoms with Crippen LogP contribution in [0.3, 0.4) is 0 Å². The number of piperidine rings is 1. The SMILES string of the molecule is CC(C)(COc1noc2ccccc12)NC(=O)[C@H]1[C@@H]2CNC[C@@H]21. The van der Waals surface area contributed by atoms with E-state index in [2.05, 4.69) is 15.8 Å². The first-order valence-corrected chi connectivity index (χ1v) is 8.05. The van der Waals surface area contributed by atoms with Crippen LogP contribution in [0.4, 0.5) is 0 Å². The lowest BCUT2D eigenvalue weighted by Gasteiger charge is -2.26. The van der Waals surface area contributed by atoms with E-state index >= 15 is 0 Å². The number of hydrogen-bond acceptors (Lipinski definition) is 5. The monoisotopic (exact) mass is 315 g/mol. The molecule has 0 radical (unpaired) electrons. The zero-order valence-electron chi connectivity index (χ0n) is 13.3. The molecule has 0 bridgehead atoms. The highest BCUT2D eigenvalue weighted by molar-refractivity contribution is 5.83. The molecule has 1 aliphatic carbocycles. The summed E-state index contributed by atoms with van der Waals surface area (Å²) in [5.41, 5.74) is 0.240. The molecular weight excluding hydrogens is 294 g/mol. The van der Waals surface area contributed by atoms with Gasteiger partial charge in [0.1, 0.15) is 6.61 Å². The van der Waals surface area contributed by atoms with E-state index in [4.69, 9.17) is 9.26 Å². The molecule has 2 aromatic rings. The minimum atomic E-state index is -0.457. The van der Waals surface area contributed by atoms with Crippen LogP contribution in [-0.2, 0) is 4.79 Å². The van der Waals surface area contributed by atoms with Crippen LogP contribution in [0, 0.1) is 17.8 Å². The van der Waals surface area contributed by atoms with E-state index in [9.17, 15) is 4.79 Å². The van der Waals surface area contributed by atoms with Gasteiger partial charge in [0.05, 0.1) is 10.9 Å². The molecule has 1 amide bonds. The number of benzene rings is 1. The molecule has 1 saturated carbocycles. The number of hydrogen-bond donors (Lipinski definition) is 2. The maximum Gasteiger partial charge on any atom is 0.262 e. The van der Waals surface area contributed by atoms with Crippen molar-refractivity contribution in [3.05, 3.63) is 24.3 Å². The number of fused-ring (bicyclic) bond motifs is 2. The zero-order valence-corrected chi connectivity index (χ0v) is 13.3. The smallest absolute Gasteiger partial charge is 0.262 e. The summed E-state index contributed by atoms with van der Waals surface area (Å²) in [6.45, 7) is 6.19. The van der Waals surface area contributed by atoms with Crippen molar-refractivity contribution in [2.45, 2.75) is 19.4 Å². The quantitative estimate of drug-likeness (QED) is 0.876. The number of carbonyl (C=O) groups excluding carboxylic acids is 1. The van der Waals surface area contributed by atoms with Crippen LogP contribution in [0.15, 0.2) is 28.8 Å². The average Bonchev–Trinajstić information content (AvgIpc) is 2.88. The van der Waals surface area contributed by atoms with E-state index in [1.807, 2.05) is 38.1 Å². The molecular formula is C17H21N3O3. The minimum absolute atomic E-state index is 0.139. The highest BCUT2D eigenvalue weighted by Crippen LogP contribution is 2.48. The van der Waals surface area contributed by atoms with Crippen molar-refractivity contribution in [2.24, 2.45) is 17.8 Å². The summed E-state index contributed by atoms with van der Waals surface area (Å²) in [4.78, 5) is 12.4. The van der Waals surface area contributed by atoms with Crippen molar-refractivity contribution >= 4 is 16.9 Å². The molecule has 2 N–H and O–H groups in total. The number of ether oxygens (including phenoxy) is 1. The molecule has 6 nitrogen and oxygen atoms in total. The summed E-state index contributed by atoms with van der Waals surface area (Å²) in [6.07, 6.45) is 0. The van der Waals surface area contributed by atoms with Crippen molar-refractivity contribution in [1.29, 1.82) is 0 Å². The topological polar surface area (TPSA) is 76.4 Å². The molecule has 1 aromatic carbocycles. The predicted octanol–water partition coefficient (Wildman–Crippen LogP) is 1.57. The molecule has 1 aromatic heterocycles. The lowest BCUT2D eigenvalue weighted by Crippen LogP contribution is -2.49. The molecule has 2 aliphatic rings. The Balaban J connectivity index is 1.36. The maximum atomic E-state index is 12.4. The van der Waals surface area contributed by atoms with Gasteiger partial charge in [0.25, 0.3) is 5.88 Å². The third-order valence-electron chi connectivity index (χ3n) is 4.77. The Kier molecular flexibility index (Phi) is 3.30. The normalized spacial score (nSPS) is 26.1. The number of amides is 1. The molecule has 122 valence electrons. The van der Waals surface area contributed by atoms with Crippen LogP contribution in [0.1, 0.15) is 13.8 Å². The molecule has 1 aliphatic heterocycles. The first-order chi connectivity index (χ1) is 11.1. The van der Waals surface area contributed by atoms with Gasteiger partial charge in [-0.15, -0.1) is 0 Å². The fourth-order valence-electron chi connectivity index (χ4n) is 3.48. The van der Waals surface area contributed by atoms with E-state index in [1.54, 1.807) is 0 Å². The fraction of sp³-hybridized carbons (Fsp3) is 0.529. The van der Waals surface area contributed by atoms with Crippen molar-refractivity contribution in [3.63, 3.8) is 0 Å². The van der Waals surface area contributed by atoms with Crippen LogP contribution in [-0.4, -0.2) is 36.3 Å². The average molecular weight is 315 g/mol. The highest BCUT2D eigenvalue weighted by Gasteiger charge is 2.57. The number of carbonyl (C=O) groups is 1. The lowest BCUT2D eigenvalue weighted by molar-refractivity contribution is -0.125. The van der Waals surface area contributed by atoms with Crippen LogP contribution >= 0.6 is 0 Å². The van der Waals surface area contributed by atoms with Gasteiger partial charge in [0.15, 0.2) is 5.58 Å². The third kappa shape index (κ3) is 2.67. The van der Waals surface area contributed by atoms with Crippen LogP contribution in [0.2, 0.25) is 0 Å². The second-order valence-electron chi connectivity index (χ2n) is 7.16. The second-order valence-corrected chi connectivity index (χ2v) is 7.16. The number of nitrogens with zero attached hydrogens (tertiary/aromatic N) is 1. The number of nitrogens with one attached hydrogen (secondary N) is 2. The van der Waals surface area contributed by atoms with Gasteiger partial charge >= 0.3 is 0 Å². The molecule has 2 fully saturated rings. The Morgan fingerprint density at radius 2 is 2.13 bits per heavy atom. The lowest BCUT2D eigenvalue weighted by atomic mass is 10.1. The summed E-state index contributed by atoms with van der Waals surface area (Å²) >= 11 is 0. The number of para-hydroxylation sites is 1. The van der Waals surface area contributed by atoms with Gasteiger partial charge in [-0.2, -0.15) is 0 Å². The van der Waals surface area contributed by atoms with E-state index in [0.29, 0.717) is 29.9 Å². The highest BCUT2D eigenvalue weighted by atomic mass is 16.5. The molecule has 4 rings (SSSR count). The second kappa shape index (κ2) is 5.23. The Morgan fingerprint density at radius 1 is 1.39 bits per heavy atom. The molecule has 1 saturated heterocycles. The van der Waals surface area contributed by atoms with E-state index in [1.165, 1.54) is 0 Å².